The first-order valence-electron chi connectivity index (χ1n) is 7.03. The van der Waals surface area contributed by atoms with Crippen LogP contribution in [0, 0.1) is 0 Å². The Morgan fingerprint density at radius 3 is 2.71 bits per heavy atom. The molecule has 1 radical (unpaired) electrons. The van der Waals surface area contributed by atoms with Crippen molar-refractivity contribution in [2.75, 3.05) is 13.6 Å². The summed E-state index contributed by atoms with van der Waals surface area (Å²) < 4.78 is 0. The molecular weight excluding hydrogens is 339 g/mol. The second kappa shape index (κ2) is 5.38. The van der Waals surface area contributed by atoms with Crippen molar-refractivity contribution in [2.45, 2.75) is 18.9 Å². The molecule has 1 heterocycles. The second-order valence-electron chi connectivity index (χ2n) is 5.80. The standard InChI is InChI=1S/C17H17NO2.Y/c1-18-8-7-10-3-2-4-12-15(10)13(18)9-11-5-6-14(19)17(20)16(11)12;/h2-6,13,19-20H,7-9H2,1H3;. The zero-order valence-electron chi connectivity index (χ0n) is 12.0. The van der Waals surface area contributed by atoms with E-state index < -0.39 is 0 Å². The molecule has 2 aromatic rings. The molecule has 0 saturated heterocycles. The van der Waals surface area contributed by atoms with E-state index >= 15 is 0 Å². The minimum atomic E-state index is -0.0380. The molecule has 0 saturated carbocycles. The molecular formula is C17H17NO2Y. The van der Waals surface area contributed by atoms with Gasteiger partial charge in [-0.2, -0.15) is 0 Å². The van der Waals surface area contributed by atoms with E-state index in [1.54, 1.807) is 6.07 Å². The van der Waals surface area contributed by atoms with Gasteiger partial charge < -0.3 is 10.2 Å². The van der Waals surface area contributed by atoms with Crippen LogP contribution in [0.25, 0.3) is 11.1 Å². The molecule has 0 aromatic heterocycles. The van der Waals surface area contributed by atoms with Gasteiger partial charge in [0.15, 0.2) is 11.5 Å². The SMILES string of the molecule is CN1CCc2cccc3c2C1Cc1ccc(O)c(O)c1-3.[Y]. The van der Waals surface area contributed by atoms with Crippen LogP contribution in [0.2, 0.25) is 0 Å². The molecule has 1 atom stereocenters. The van der Waals surface area contributed by atoms with E-state index in [1.165, 1.54) is 11.1 Å². The molecule has 4 heteroatoms. The number of benzene rings is 2. The maximum atomic E-state index is 10.3. The molecule has 2 aromatic carbocycles. The van der Waals surface area contributed by atoms with Gasteiger partial charge in [0.2, 0.25) is 0 Å². The number of aromatic hydroxyl groups is 2. The van der Waals surface area contributed by atoms with Crippen LogP contribution >= 0.6 is 0 Å². The van der Waals surface area contributed by atoms with Gasteiger partial charge in [-0.3, -0.25) is 4.90 Å². The molecule has 0 amide bonds. The van der Waals surface area contributed by atoms with Crippen molar-refractivity contribution in [3.8, 4) is 22.6 Å². The quantitative estimate of drug-likeness (QED) is 0.714. The Kier molecular flexibility index (Phi) is 3.85. The monoisotopic (exact) mass is 356 g/mol. The van der Waals surface area contributed by atoms with E-state index in [2.05, 4.69) is 30.1 Å². The molecule has 1 aliphatic heterocycles. The summed E-state index contributed by atoms with van der Waals surface area (Å²) in [6, 6.07) is 10.2. The summed E-state index contributed by atoms with van der Waals surface area (Å²) in [6.07, 6.45) is 1.94. The van der Waals surface area contributed by atoms with Crippen molar-refractivity contribution in [1.29, 1.82) is 0 Å². The van der Waals surface area contributed by atoms with E-state index in [1.807, 2.05) is 6.07 Å². The van der Waals surface area contributed by atoms with Crippen LogP contribution in [-0.4, -0.2) is 28.7 Å². The summed E-state index contributed by atoms with van der Waals surface area (Å²) in [6.45, 7) is 1.07. The Balaban J connectivity index is 0.00000132. The third kappa shape index (κ3) is 2.14. The van der Waals surface area contributed by atoms with Crippen LogP contribution in [-0.2, 0) is 45.6 Å². The van der Waals surface area contributed by atoms with E-state index in [4.69, 9.17) is 0 Å². The van der Waals surface area contributed by atoms with E-state index in [9.17, 15) is 10.2 Å². The topological polar surface area (TPSA) is 43.7 Å². The summed E-state index contributed by atoms with van der Waals surface area (Å²) in [5.74, 6) is -0.0217. The van der Waals surface area contributed by atoms with Gasteiger partial charge in [-0.25, -0.2) is 0 Å². The molecule has 4 rings (SSSR count). The Hall–Kier alpha value is -0.896. The maximum absolute atomic E-state index is 10.3. The molecule has 0 spiro atoms. The number of nitrogens with zero attached hydrogens (tertiary/aromatic N) is 1. The van der Waals surface area contributed by atoms with E-state index in [0.717, 1.165) is 36.1 Å². The van der Waals surface area contributed by atoms with Crippen molar-refractivity contribution < 1.29 is 42.9 Å². The summed E-state index contributed by atoms with van der Waals surface area (Å²) in [5.41, 5.74) is 5.71. The summed E-state index contributed by atoms with van der Waals surface area (Å²) >= 11 is 0. The van der Waals surface area contributed by atoms with Crippen LogP contribution in [0.4, 0.5) is 0 Å². The van der Waals surface area contributed by atoms with Gasteiger partial charge in [0, 0.05) is 50.9 Å². The molecule has 105 valence electrons. The Morgan fingerprint density at radius 2 is 1.90 bits per heavy atom. The van der Waals surface area contributed by atoms with E-state index in [-0.39, 0.29) is 44.2 Å². The maximum Gasteiger partial charge on any atom is 0.165 e. The molecule has 2 N–H and O–H groups in total. The van der Waals surface area contributed by atoms with Crippen molar-refractivity contribution in [3.05, 3.63) is 47.0 Å². The largest absolute Gasteiger partial charge is 0.504 e. The van der Waals surface area contributed by atoms with Gasteiger partial charge in [0.25, 0.3) is 0 Å². The number of fused-ring (bicyclic) bond motifs is 2. The Morgan fingerprint density at radius 1 is 1.10 bits per heavy atom. The van der Waals surface area contributed by atoms with Gasteiger partial charge in [-0.15, -0.1) is 0 Å². The van der Waals surface area contributed by atoms with Crippen LogP contribution in [0.3, 0.4) is 0 Å². The van der Waals surface area contributed by atoms with Crippen LogP contribution in [0.5, 0.6) is 11.5 Å². The first-order chi connectivity index (χ1) is 9.66. The van der Waals surface area contributed by atoms with Gasteiger partial charge in [0.05, 0.1) is 0 Å². The summed E-state index contributed by atoms with van der Waals surface area (Å²) in [4.78, 5) is 2.39. The summed E-state index contributed by atoms with van der Waals surface area (Å²) in [5, 5.41) is 20.1. The van der Waals surface area contributed by atoms with Gasteiger partial charge in [-0.1, -0.05) is 24.3 Å². The number of phenolic OH excluding ortho intramolecular Hbond substituents is 2. The van der Waals surface area contributed by atoms with Gasteiger partial charge >= 0.3 is 0 Å². The van der Waals surface area contributed by atoms with Gasteiger partial charge in [0.1, 0.15) is 0 Å². The van der Waals surface area contributed by atoms with Gasteiger partial charge in [-0.05, 0) is 48.2 Å². The fourth-order valence-corrected chi connectivity index (χ4v) is 3.67. The zero-order valence-corrected chi connectivity index (χ0v) is 14.8. The predicted octanol–water partition coefficient (Wildman–Crippen LogP) is 2.85. The number of phenols is 2. The minimum Gasteiger partial charge on any atom is -0.504 e. The normalized spacial score (nSPS) is 19.4. The summed E-state index contributed by atoms with van der Waals surface area (Å²) in [7, 11) is 2.16. The molecule has 3 nitrogen and oxygen atoms in total. The average molecular weight is 356 g/mol. The van der Waals surface area contributed by atoms with Crippen LogP contribution in [0.15, 0.2) is 30.3 Å². The first kappa shape index (κ1) is 15.0. The van der Waals surface area contributed by atoms with Crippen molar-refractivity contribution >= 4 is 0 Å². The Labute approximate surface area is 149 Å². The van der Waals surface area contributed by atoms with Crippen LogP contribution < -0.4 is 0 Å². The molecule has 0 fully saturated rings. The molecule has 1 unspecified atom stereocenters. The molecule has 21 heavy (non-hydrogen) atoms. The fourth-order valence-electron chi connectivity index (χ4n) is 3.67. The number of hydrogen-bond acceptors (Lipinski definition) is 3. The van der Waals surface area contributed by atoms with Crippen LogP contribution in [0.1, 0.15) is 22.7 Å². The second-order valence-corrected chi connectivity index (χ2v) is 5.80. The third-order valence-corrected chi connectivity index (χ3v) is 4.72. The Bertz CT molecular complexity index is 714. The fraction of sp³-hybridized carbons (Fsp3) is 0.294. The number of hydrogen-bond donors (Lipinski definition) is 2. The smallest absolute Gasteiger partial charge is 0.165 e. The van der Waals surface area contributed by atoms with Crippen molar-refractivity contribution in [1.82, 2.24) is 4.90 Å². The number of rotatable bonds is 0. The third-order valence-electron chi connectivity index (χ3n) is 4.72. The zero-order chi connectivity index (χ0) is 13.9. The van der Waals surface area contributed by atoms with Crippen molar-refractivity contribution in [2.24, 2.45) is 0 Å². The first-order valence-corrected chi connectivity index (χ1v) is 7.03. The van der Waals surface area contributed by atoms with Crippen molar-refractivity contribution in [3.63, 3.8) is 0 Å². The van der Waals surface area contributed by atoms with E-state index in [0.29, 0.717) is 6.04 Å². The predicted molar refractivity (Wildman–Crippen MR) is 78.0 cm³/mol. The molecule has 0 bridgehead atoms. The average Bonchev–Trinajstić information content (AvgIpc) is 2.46. The number of likely N-dealkylation sites (N-methyl/N-ethyl adjacent to an activating group) is 1. The minimum absolute atomic E-state index is 0. The molecule has 1 aliphatic carbocycles. The molecule has 2 aliphatic rings.